The Hall–Kier alpha value is -1.84. The number of aromatic nitrogens is 3. The molecule has 9 heteroatoms. The Morgan fingerprint density at radius 3 is 2.72 bits per heavy atom. The van der Waals surface area contributed by atoms with Crippen molar-refractivity contribution in [3.05, 3.63) is 29.5 Å². The number of nitrogens with zero attached hydrogens (tertiary/aromatic N) is 5. The van der Waals surface area contributed by atoms with Gasteiger partial charge in [-0.25, -0.2) is 9.97 Å². The Balaban J connectivity index is 1.74. The highest BCUT2D eigenvalue weighted by atomic mass is 32.2. The predicted molar refractivity (Wildman–Crippen MR) is 93.0 cm³/mol. The van der Waals surface area contributed by atoms with Crippen LogP contribution in [0.1, 0.15) is 23.6 Å². The SMILES string of the molecule is Cc1noc(C)c1-c1cc(C[C@H]2CCN(S(=O)(=O)N(C)C)C2)ncn1. The molecule has 1 aliphatic heterocycles. The maximum absolute atomic E-state index is 12.2. The molecule has 0 N–H and O–H groups in total. The Morgan fingerprint density at radius 1 is 1.32 bits per heavy atom. The summed E-state index contributed by atoms with van der Waals surface area (Å²) in [7, 11) is -0.226. The zero-order valence-corrected chi connectivity index (χ0v) is 15.7. The standard InChI is InChI=1S/C16H23N5O3S/c1-11-16(12(2)24-19-11)15-8-14(17-10-18-15)7-13-5-6-21(9-13)25(22,23)20(3)4/h8,10,13H,5-7,9H2,1-4H3/t13-/m1/s1. The van der Waals surface area contributed by atoms with Crippen molar-refractivity contribution in [3.8, 4) is 11.3 Å². The van der Waals surface area contributed by atoms with Crippen LogP contribution in [0.5, 0.6) is 0 Å². The normalized spacial score (nSPS) is 19.0. The van der Waals surface area contributed by atoms with Gasteiger partial charge in [-0.3, -0.25) is 0 Å². The molecule has 1 fully saturated rings. The summed E-state index contributed by atoms with van der Waals surface area (Å²) in [5.41, 5.74) is 3.38. The molecule has 25 heavy (non-hydrogen) atoms. The van der Waals surface area contributed by atoms with Crippen LogP contribution in [0.15, 0.2) is 16.9 Å². The van der Waals surface area contributed by atoms with Crippen molar-refractivity contribution >= 4 is 10.2 Å². The van der Waals surface area contributed by atoms with Crippen molar-refractivity contribution in [3.63, 3.8) is 0 Å². The van der Waals surface area contributed by atoms with Crippen molar-refractivity contribution in [2.45, 2.75) is 26.7 Å². The largest absolute Gasteiger partial charge is 0.361 e. The van der Waals surface area contributed by atoms with Crippen molar-refractivity contribution in [2.75, 3.05) is 27.2 Å². The maximum atomic E-state index is 12.2. The number of hydrogen-bond donors (Lipinski definition) is 0. The van der Waals surface area contributed by atoms with E-state index in [4.69, 9.17) is 4.52 Å². The fourth-order valence-electron chi connectivity index (χ4n) is 3.19. The summed E-state index contributed by atoms with van der Waals surface area (Å²) in [5.74, 6) is 0.980. The summed E-state index contributed by atoms with van der Waals surface area (Å²) in [4.78, 5) is 8.69. The third-order valence-corrected chi connectivity index (χ3v) is 6.45. The van der Waals surface area contributed by atoms with Crippen LogP contribution in [0.25, 0.3) is 11.3 Å². The van der Waals surface area contributed by atoms with Crippen LogP contribution in [-0.2, 0) is 16.6 Å². The summed E-state index contributed by atoms with van der Waals surface area (Å²) >= 11 is 0. The second-order valence-corrected chi connectivity index (χ2v) is 8.74. The predicted octanol–water partition coefficient (Wildman–Crippen LogP) is 1.42. The van der Waals surface area contributed by atoms with Gasteiger partial charge in [0.2, 0.25) is 0 Å². The molecule has 136 valence electrons. The number of hydrogen-bond acceptors (Lipinski definition) is 6. The third-order valence-electron chi connectivity index (χ3n) is 4.55. The highest BCUT2D eigenvalue weighted by Gasteiger charge is 2.32. The van der Waals surface area contributed by atoms with Gasteiger partial charge in [0.05, 0.1) is 17.0 Å². The van der Waals surface area contributed by atoms with E-state index in [1.807, 2.05) is 19.9 Å². The first-order chi connectivity index (χ1) is 11.8. The van der Waals surface area contributed by atoms with Gasteiger partial charge < -0.3 is 4.52 Å². The van der Waals surface area contributed by atoms with Gasteiger partial charge in [-0.05, 0) is 38.7 Å². The van der Waals surface area contributed by atoms with Crippen molar-refractivity contribution in [2.24, 2.45) is 5.92 Å². The fraction of sp³-hybridized carbons (Fsp3) is 0.562. The van der Waals surface area contributed by atoms with Gasteiger partial charge in [0.15, 0.2) is 0 Å². The highest BCUT2D eigenvalue weighted by Crippen LogP contribution is 2.27. The van der Waals surface area contributed by atoms with Gasteiger partial charge >= 0.3 is 0 Å². The lowest BCUT2D eigenvalue weighted by Gasteiger charge is -2.20. The smallest absolute Gasteiger partial charge is 0.281 e. The summed E-state index contributed by atoms with van der Waals surface area (Å²) in [6.45, 7) is 4.81. The molecule has 1 saturated heterocycles. The third kappa shape index (κ3) is 3.58. The molecule has 3 rings (SSSR count). The van der Waals surface area contributed by atoms with Crippen LogP contribution in [0.2, 0.25) is 0 Å². The molecule has 0 bridgehead atoms. The van der Waals surface area contributed by atoms with E-state index in [0.717, 1.165) is 41.2 Å². The molecule has 2 aromatic heterocycles. The monoisotopic (exact) mass is 365 g/mol. The van der Waals surface area contributed by atoms with E-state index in [0.29, 0.717) is 13.1 Å². The van der Waals surface area contributed by atoms with E-state index in [-0.39, 0.29) is 5.92 Å². The molecule has 2 aromatic rings. The minimum Gasteiger partial charge on any atom is -0.361 e. The first-order valence-corrected chi connectivity index (χ1v) is 9.60. The van der Waals surface area contributed by atoms with E-state index in [1.165, 1.54) is 8.61 Å². The first kappa shape index (κ1) is 18.0. The van der Waals surface area contributed by atoms with E-state index < -0.39 is 10.2 Å². The molecule has 0 saturated carbocycles. The molecule has 3 heterocycles. The Morgan fingerprint density at radius 2 is 2.08 bits per heavy atom. The molecule has 0 spiro atoms. The topological polar surface area (TPSA) is 92.4 Å². The molecule has 0 radical (unpaired) electrons. The molecular formula is C16H23N5O3S. The quantitative estimate of drug-likeness (QED) is 0.796. The van der Waals surface area contributed by atoms with E-state index >= 15 is 0 Å². The number of rotatable bonds is 5. The van der Waals surface area contributed by atoms with Crippen molar-refractivity contribution < 1.29 is 12.9 Å². The lowest BCUT2D eigenvalue weighted by molar-refractivity contribution is 0.393. The molecular weight excluding hydrogens is 342 g/mol. The molecule has 0 aliphatic carbocycles. The second kappa shape index (κ2) is 6.81. The Bertz CT molecular complexity index is 843. The van der Waals surface area contributed by atoms with Gasteiger partial charge in [-0.2, -0.15) is 17.0 Å². The van der Waals surface area contributed by atoms with Crippen LogP contribution < -0.4 is 0 Å². The van der Waals surface area contributed by atoms with Crippen molar-refractivity contribution in [1.82, 2.24) is 23.7 Å². The second-order valence-electron chi connectivity index (χ2n) is 6.60. The average molecular weight is 365 g/mol. The lowest BCUT2D eigenvalue weighted by Crippen LogP contribution is -2.38. The fourth-order valence-corrected chi connectivity index (χ4v) is 4.39. The van der Waals surface area contributed by atoms with Crippen molar-refractivity contribution in [1.29, 1.82) is 0 Å². The first-order valence-electron chi connectivity index (χ1n) is 8.20. The number of aryl methyl sites for hydroxylation is 2. The Labute approximate surface area is 148 Å². The van der Waals surface area contributed by atoms with E-state index in [2.05, 4.69) is 15.1 Å². The zero-order chi connectivity index (χ0) is 18.2. The lowest BCUT2D eigenvalue weighted by atomic mass is 10.0. The van der Waals surface area contributed by atoms with Gasteiger partial charge in [-0.1, -0.05) is 5.16 Å². The molecule has 1 atom stereocenters. The molecule has 0 amide bonds. The average Bonchev–Trinajstić information content (AvgIpc) is 3.15. The van der Waals surface area contributed by atoms with Crippen LogP contribution >= 0.6 is 0 Å². The summed E-state index contributed by atoms with van der Waals surface area (Å²) in [5, 5.41) is 3.97. The van der Waals surface area contributed by atoms with Crippen LogP contribution in [0, 0.1) is 19.8 Å². The molecule has 0 aromatic carbocycles. The molecule has 0 unspecified atom stereocenters. The zero-order valence-electron chi connectivity index (χ0n) is 14.9. The molecule has 1 aliphatic rings. The summed E-state index contributed by atoms with van der Waals surface area (Å²) in [6.07, 6.45) is 3.09. The van der Waals surface area contributed by atoms with Gasteiger partial charge in [0.1, 0.15) is 12.1 Å². The maximum Gasteiger partial charge on any atom is 0.281 e. The van der Waals surface area contributed by atoms with Crippen LogP contribution in [0.3, 0.4) is 0 Å². The van der Waals surface area contributed by atoms with Crippen LogP contribution in [0.4, 0.5) is 0 Å². The Kier molecular flexibility index (Phi) is 4.90. The minimum absolute atomic E-state index is 0.252. The van der Waals surface area contributed by atoms with Gasteiger partial charge in [-0.15, -0.1) is 0 Å². The highest BCUT2D eigenvalue weighted by molar-refractivity contribution is 7.86. The summed E-state index contributed by atoms with van der Waals surface area (Å²) < 4.78 is 32.5. The minimum atomic E-state index is -3.34. The molecule has 8 nitrogen and oxygen atoms in total. The van der Waals surface area contributed by atoms with Crippen LogP contribution in [-0.4, -0.2) is 59.3 Å². The summed E-state index contributed by atoms with van der Waals surface area (Å²) in [6, 6.07) is 1.94. The van der Waals surface area contributed by atoms with Gasteiger partial charge in [0, 0.05) is 32.9 Å². The van der Waals surface area contributed by atoms with Gasteiger partial charge in [0.25, 0.3) is 10.2 Å². The van der Waals surface area contributed by atoms with E-state index in [9.17, 15) is 8.42 Å². The van der Waals surface area contributed by atoms with E-state index in [1.54, 1.807) is 20.4 Å².